The molecule has 174 valence electrons. The molecular formula is C28H39NO2S. The molecule has 1 atom stereocenters. The molecule has 1 aliphatic rings. The van der Waals surface area contributed by atoms with Crippen LogP contribution in [0.4, 0.5) is 0 Å². The number of sulfone groups is 1. The molecule has 1 aliphatic heterocycles. The lowest BCUT2D eigenvalue weighted by Gasteiger charge is -2.40. The van der Waals surface area contributed by atoms with E-state index in [0.717, 1.165) is 37.9 Å². The van der Waals surface area contributed by atoms with Gasteiger partial charge in [0.05, 0.1) is 4.90 Å². The minimum atomic E-state index is -3.17. The summed E-state index contributed by atoms with van der Waals surface area (Å²) >= 11 is 0. The second-order valence-electron chi connectivity index (χ2n) is 10.4. The van der Waals surface area contributed by atoms with E-state index in [1.165, 1.54) is 23.0 Å². The third kappa shape index (κ3) is 6.32. The molecule has 0 radical (unpaired) electrons. The van der Waals surface area contributed by atoms with Gasteiger partial charge >= 0.3 is 0 Å². The maximum Gasteiger partial charge on any atom is 0.175 e. The Labute approximate surface area is 195 Å². The average Bonchev–Trinajstić information content (AvgIpc) is 2.73. The van der Waals surface area contributed by atoms with E-state index >= 15 is 0 Å². The maximum absolute atomic E-state index is 12.0. The van der Waals surface area contributed by atoms with Crippen molar-refractivity contribution < 1.29 is 8.42 Å². The van der Waals surface area contributed by atoms with Crippen LogP contribution in [0.2, 0.25) is 0 Å². The second-order valence-corrected chi connectivity index (χ2v) is 12.4. The minimum absolute atomic E-state index is 0.0883. The number of rotatable bonds is 7. The number of likely N-dealkylation sites (tertiary alicyclic amines) is 1. The molecule has 2 aromatic carbocycles. The lowest BCUT2D eigenvalue weighted by Crippen LogP contribution is -2.43. The van der Waals surface area contributed by atoms with Crippen molar-refractivity contribution in [3.05, 3.63) is 76.9 Å². The van der Waals surface area contributed by atoms with Gasteiger partial charge in [0.25, 0.3) is 0 Å². The van der Waals surface area contributed by atoms with E-state index in [1.807, 2.05) is 12.1 Å². The topological polar surface area (TPSA) is 37.4 Å². The highest BCUT2D eigenvalue weighted by molar-refractivity contribution is 7.90. The standard InChI is InChI=1S/C28H39NO2S/c1-21(2)18-26(20-28(4,5)25-12-10-22(3)11-13-25)29-16-14-23(15-17-29)24-8-7-9-27(19-24)32(6,30)31/h7-13,18-19,23,26H,14-17,20H2,1-6H3. The zero-order chi connectivity index (χ0) is 23.5. The van der Waals surface area contributed by atoms with Crippen molar-refractivity contribution in [3.63, 3.8) is 0 Å². The first-order chi connectivity index (χ1) is 15.0. The van der Waals surface area contributed by atoms with Crippen LogP contribution in [-0.2, 0) is 15.3 Å². The molecule has 1 fully saturated rings. The number of benzene rings is 2. The summed E-state index contributed by atoms with van der Waals surface area (Å²) in [4.78, 5) is 3.06. The Balaban J connectivity index is 1.73. The van der Waals surface area contributed by atoms with Crippen LogP contribution in [0.25, 0.3) is 0 Å². The molecule has 3 rings (SSSR count). The fraction of sp³-hybridized carbons (Fsp3) is 0.500. The summed E-state index contributed by atoms with van der Waals surface area (Å²) in [7, 11) is -3.17. The molecule has 4 heteroatoms. The van der Waals surface area contributed by atoms with E-state index in [-0.39, 0.29) is 5.41 Å². The minimum Gasteiger partial charge on any atom is -0.297 e. The van der Waals surface area contributed by atoms with Gasteiger partial charge in [-0.25, -0.2) is 8.42 Å². The molecule has 0 spiro atoms. The van der Waals surface area contributed by atoms with Crippen LogP contribution >= 0.6 is 0 Å². The summed E-state index contributed by atoms with van der Waals surface area (Å²) in [6.07, 6.45) is 6.92. The Morgan fingerprint density at radius 1 is 1.09 bits per heavy atom. The van der Waals surface area contributed by atoms with Crippen molar-refractivity contribution in [2.75, 3.05) is 19.3 Å². The van der Waals surface area contributed by atoms with Gasteiger partial charge in [0.15, 0.2) is 9.84 Å². The van der Waals surface area contributed by atoms with Crippen molar-refractivity contribution in [2.24, 2.45) is 0 Å². The predicted molar refractivity (Wildman–Crippen MR) is 135 cm³/mol. The monoisotopic (exact) mass is 453 g/mol. The Bertz CT molecular complexity index is 1040. The zero-order valence-electron chi connectivity index (χ0n) is 20.6. The molecular weight excluding hydrogens is 414 g/mol. The molecule has 1 heterocycles. The number of allylic oxidation sites excluding steroid dienone is 1. The van der Waals surface area contributed by atoms with Gasteiger partial charge in [0.1, 0.15) is 0 Å². The number of hydrogen-bond acceptors (Lipinski definition) is 3. The van der Waals surface area contributed by atoms with Crippen molar-refractivity contribution >= 4 is 9.84 Å². The predicted octanol–water partition coefficient (Wildman–Crippen LogP) is 6.28. The third-order valence-corrected chi connectivity index (χ3v) is 7.94. The van der Waals surface area contributed by atoms with Crippen LogP contribution in [0.15, 0.2) is 65.1 Å². The highest BCUT2D eigenvalue weighted by Crippen LogP contribution is 2.35. The van der Waals surface area contributed by atoms with Crippen molar-refractivity contribution in [3.8, 4) is 0 Å². The summed E-state index contributed by atoms with van der Waals surface area (Å²) in [5.41, 5.74) is 5.30. The molecule has 1 saturated heterocycles. The van der Waals surface area contributed by atoms with Crippen molar-refractivity contribution in [1.29, 1.82) is 0 Å². The zero-order valence-corrected chi connectivity index (χ0v) is 21.4. The fourth-order valence-corrected chi connectivity index (χ4v) is 5.56. The number of aryl methyl sites for hydroxylation is 1. The molecule has 0 aliphatic carbocycles. The van der Waals surface area contributed by atoms with Crippen LogP contribution in [0, 0.1) is 6.92 Å². The second kappa shape index (κ2) is 9.93. The normalized spacial score (nSPS) is 17.2. The lowest BCUT2D eigenvalue weighted by atomic mass is 9.77. The molecule has 3 nitrogen and oxygen atoms in total. The van der Waals surface area contributed by atoms with Gasteiger partial charge in [-0.3, -0.25) is 4.90 Å². The number of nitrogens with zero attached hydrogens (tertiary/aromatic N) is 1. The van der Waals surface area contributed by atoms with E-state index < -0.39 is 9.84 Å². The van der Waals surface area contributed by atoms with Gasteiger partial charge < -0.3 is 0 Å². The van der Waals surface area contributed by atoms with Crippen LogP contribution < -0.4 is 0 Å². The Hall–Kier alpha value is -1.91. The molecule has 0 aromatic heterocycles. The van der Waals surface area contributed by atoms with Crippen LogP contribution in [0.1, 0.15) is 69.6 Å². The highest BCUT2D eigenvalue weighted by atomic mass is 32.2. The SMILES string of the molecule is CC(C)=CC(CC(C)(C)c1ccc(C)cc1)N1CCC(c2cccc(S(C)(=O)=O)c2)CC1. The molecule has 0 amide bonds. The summed E-state index contributed by atoms with van der Waals surface area (Å²) in [5.74, 6) is 0.422. The summed E-state index contributed by atoms with van der Waals surface area (Å²) in [6.45, 7) is 13.3. The van der Waals surface area contributed by atoms with E-state index in [9.17, 15) is 8.42 Å². The van der Waals surface area contributed by atoms with Crippen LogP contribution in [0.5, 0.6) is 0 Å². The van der Waals surface area contributed by atoms with Gasteiger partial charge in [-0.2, -0.15) is 0 Å². The van der Waals surface area contributed by atoms with Crippen molar-refractivity contribution in [2.45, 2.75) is 76.2 Å². The van der Waals surface area contributed by atoms with Gasteiger partial charge in [-0.05, 0) is 87.7 Å². The Kier molecular flexibility index (Phi) is 7.67. The first kappa shape index (κ1) is 24.7. The average molecular weight is 454 g/mol. The fourth-order valence-electron chi connectivity index (χ4n) is 4.89. The van der Waals surface area contributed by atoms with Gasteiger partial charge in [0.2, 0.25) is 0 Å². The maximum atomic E-state index is 12.0. The Morgan fingerprint density at radius 2 is 1.72 bits per heavy atom. The lowest BCUT2D eigenvalue weighted by molar-refractivity contribution is 0.155. The molecule has 1 unspecified atom stereocenters. The quantitative estimate of drug-likeness (QED) is 0.463. The first-order valence-electron chi connectivity index (χ1n) is 11.7. The molecule has 32 heavy (non-hydrogen) atoms. The summed E-state index contributed by atoms with van der Waals surface area (Å²) in [5, 5.41) is 0. The van der Waals surface area contributed by atoms with Gasteiger partial charge in [-0.15, -0.1) is 0 Å². The van der Waals surface area contributed by atoms with E-state index in [1.54, 1.807) is 6.07 Å². The van der Waals surface area contributed by atoms with Crippen LogP contribution in [-0.4, -0.2) is 38.7 Å². The summed E-state index contributed by atoms with van der Waals surface area (Å²) in [6, 6.07) is 16.9. The van der Waals surface area contributed by atoms with Crippen molar-refractivity contribution in [1.82, 2.24) is 4.90 Å². The van der Waals surface area contributed by atoms with E-state index in [4.69, 9.17) is 0 Å². The number of piperidine rings is 1. The smallest absolute Gasteiger partial charge is 0.175 e. The molecule has 0 saturated carbocycles. The van der Waals surface area contributed by atoms with Gasteiger partial charge in [-0.1, -0.05) is 67.5 Å². The molecule has 2 aromatic rings. The Morgan fingerprint density at radius 3 is 2.28 bits per heavy atom. The van der Waals surface area contributed by atoms with Crippen LogP contribution in [0.3, 0.4) is 0 Å². The first-order valence-corrected chi connectivity index (χ1v) is 13.6. The largest absolute Gasteiger partial charge is 0.297 e. The molecule has 0 N–H and O–H groups in total. The number of hydrogen-bond donors (Lipinski definition) is 0. The summed E-state index contributed by atoms with van der Waals surface area (Å²) < 4.78 is 23.9. The van der Waals surface area contributed by atoms with Gasteiger partial charge in [0, 0.05) is 12.3 Å². The van der Waals surface area contributed by atoms with E-state index in [0.29, 0.717) is 16.9 Å². The van der Waals surface area contributed by atoms with E-state index in [2.05, 4.69) is 75.9 Å². The molecule has 0 bridgehead atoms. The highest BCUT2D eigenvalue weighted by Gasteiger charge is 2.30. The third-order valence-electron chi connectivity index (χ3n) is 6.83.